The molecule has 3 rings (SSSR count). The molecule has 0 unspecified atom stereocenters. The van der Waals surface area contributed by atoms with Crippen LogP contribution in [0.3, 0.4) is 0 Å². The van der Waals surface area contributed by atoms with Crippen molar-refractivity contribution in [3.63, 3.8) is 0 Å². The number of hydrogen-bond acceptors (Lipinski definition) is 4. The smallest absolute Gasteiger partial charge is 0.287 e. The maximum atomic E-state index is 12.1. The number of carbonyl (C=O) groups is 1. The van der Waals surface area contributed by atoms with Gasteiger partial charge in [0.2, 0.25) is 0 Å². The van der Waals surface area contributed by atoms with E-state index in [9.17, 15) is 9.90 Å². The highest BCUT2D eigenvalue weighted by Gasteiger charge is 2.33. The molecule has 2 aromatic rings. The van der Waals surface area contributed by atoms with E-state index in [0.29, 0.717) is 18.4 Å². The Morgan fingerprint density at radius 3 is 2.85 bits per heavy atom. The average Bonchev–Trinajstić information content (AvgIpc) is 3.01. The lowest BCUT2D eigenvalue weighted by molar-refractivity contribution is 0.0896. The lowest BCUT2D eigenvalue weighted by Crippen LogP contribution is -2.33. The van der Waals surface area contributed by atoms with Gasteiger partial charge >= 0.3 is 0 Å². The van der Waals surface area contributed by atoms with Crippen LogP contribution in [0.5, 0.6) is 0 Å². The largest absolute Gasteiger partial charge is 0.451 e. The predicted octanol–water partition coefficient (Wildman–Crippen LogP) is 1.29. The van der Waals surface area contributed by atoms with Crippen LogP contribution >= 0.6 is 0 Å². The fourth-order valence-electron chi connectivity index (χ4n) is 2.77. The van der Waals surface area contributed by atoms with Crippen molar-refractivity contribution in [3.05, 3.63) is 36.1 Å². The van der Waals surface area contributed by atoms with Crippen LogP contribution in [0.1, 0.15) is 23.4 Å². The van der Waals surface area contributed by atoms with Gasteiger partial charge in [0.25, 0.3) is 5.91 Å². The van der Waals surface area contributed by atoms with E-state index in [-0.39, 0.29) is 30.2 Å². The van der Waals surface area contributed by atoms with Crippen molar-refractivity contribution in [1.82, 2.24) is 5.32 Å². The van der Waals surface area contributed by atoms with Gasteiger partial charge in [0, 0.05) is 24.0 Å². The van der Waals surface area contributed by atoms with E-state index < -0.39 is 6.10 Å². The minimum absolute atomic E-state index is 0.0574. The van der Waals surface area contributed by atoms with Crippen LogP contribution in [0.2, 0.25) is 0 Å². The second-order valence-electron chi connectivity index (χ2n) is 5.30. The van der Waals surface area contributed by atoms with Crippen molar-refractivity contribution < 1.29 is 19.4 Å². The number of aliphatic hydroxyl groups is 2. The number of amides is 1. The van der Waals surface area contributed by atoms with Gasteiger partial charge in [0.15, 0.2) is 5.76 Å². The van der Waals surface area contributed by atoms with Gasteiger partial charge in [-0.15, -0.1) is 0 Å². The van der Waals surface area contributed by atoms with E-state index in [2.05, 4.69) is 5.32 Å². The minimum atomic E-state index is -0.555. The Bertz CT molecular complexity index is 588. The Hall–Kier alpha value is -1.85. The van der Waals surface area contributed by atoms with Crippen LogP contribution in [0.25, 0.3) is 11.0 Å². The molecule has 0 saturated heterocycles. The minimum Gasteiger partial charge on any atom is -0.451 e. The van der Waals surface area contributed by atoms with Gasteiger partial charge in [-0.3, -0.25) is 4.79 Å². The monoisotopic (exact) mass is 275 g/mol. The van der Waals surface area contributed by atoms with Crippen molar-refractivity contribution in [3.8, 4) is 0 Å². The summed E-state index contributed by atoms with van der Waals surface area (Å²) in [6.07, 6.45) is 0.502. The Balaban J connectivity index is 1.70. The molecule has 1 aliphatic rings. The summed E-state index contributed by atoms with van der Waals surface area (Å²) >= 11 is 0. The summed E-state index contributed by atoms with van der Waals surface area (Å²) in [5.74, 6) is -0.166. The van der Waals surface area contributed by atoms with Crippen molar-refractivity contribution >= 4 is 16.9 Å². The normalized spacial score (nSPS) is 26.0. The second kappa shape index (κ2) is 5.26. The van der Waals surface area contributed by atoms with E-state index in [1.165, 1.54) is 0 Å². The highest BCUT2D eigenvalue weighted by molar-refractivity contribution is 5.96. The molecule has 0 bridgehead atoms. The van der Waals surface area contributed by atoms with Crippen molar-refractivity contribution in [2.24, 2.45) is 5.92 Å². The first-order valence-electron chi connectivity index (χ1n) is 6.75. The maximum Gasteiger partial charge on any atom is 0.287 e. The first kappa shape index (κ1) is 13.1. The predicted molar refractivity (Wildman–Crippen MR) is 73.3 cm³/mol. The molecule has 20 heavy (non-hydrogen) atoms. The summed E-state index contributed by atoms with van der Waals surface area (Å²) in [6.45, 7) is -0.0574. The summed E-state index contributed by atoms with van der Waals surface area (Å²) in [5.41, 5.74) is 0.678. The highest BCUT2D eigenvalue weighted by Crippen LogP contribution is 2.26. The number of aliphatic hydroxyl groups excluding tert-OH is 2. The Labute approximate surface area is 116 Å². The zero-order valence-corrected chi connectivity index (χ0v) is 11.0. The van der Waals surface area contributed by atoms with Gasteiger partial charge < -0.3 is 19.9 Å². The van der Waals surface area contributed by atoms with Crippen LogP contribution in [0.15, 0.2) is 34.7 Å². The number of rotatable bonds is 3. The lowest BCUT2D eigenvalue weighted by atomic mass is 10.1. The molecule has 0 spiro atoms. The van der Waals surface area contributed by atoms with Crippen LogP contribution in [0.4, 0.5) is 0 Å². The molecule has 106 valence electrons. The summed E-state index contributed by atoms with van der Waals surface area (Å²) in [7, 11) is 0. The third-order valence-electron chi connectivity index (χ3n) is 3.88. The van der Waals surface area contributed by atoms with Crippen LogP contribution in [-0.2, 0) is 0 Å². The van der Waals surface area contributed by atoms with Gasteiger partial charge in [0.1, 0.15) is 5.58 Å². The van der Waals surface area contributed by atoms with Crippen molar-refractivity contribution in [2.45, 2.75) is 25.0 Å². The molecule has 1 aliphatic carbocycles. The molecule has 1 heterocycles. The van der Waals surface area contributed by atoms with E-state index in [4.69, 9.17) is 9.52 Å². The van der Waals surface area contributed by atoms with Gasteiger partial charge in [-0.1, -0.05) is 18.2 Å². The van der Waals surface area contributed by atoms with Gasteiger partial charge in [-0.05, 0) is 25.0 Å². The number of furan rings is 1. The first-order chi connectivity index (χ1) is 9.67. The molecule has 5 heteroatoms. The molecule has 0 aliphatic heterocycles. The fraction of sp³-hybridized carbons (Fsp3) is 0.400. The highest BCUT2D eigenvalue weighted by atomic mass is 16.3. The van der Waals surface area contributed by atoms with Gasteiger partial charge in [0.05, 0.1) is 6.10 Å². The van der Waals surface area contributed by atoms with E-state index in [1.54, 1.807) is 6.07 Å². The van der Waals surface area contributed by atoms with Gasteiger partial charge in [-0.2, -0.15) is 0 Å². The summed E-state index contributed by atoms with van der Waals surface area (Å²) in [6, 6.07) is 9.03. The second-order valence-corrected chi connectivity index (χ2v) is 5.30. The number of benzene rings is 1. The fourth-order valence-corrected chi connectivity index (χ4v) is 2.77. The van der Waals surface area contributed by atoms with Crippen molar-refractivity contribution in [1.29, 1.82) is 0 Å². The zero-order valence-electron chi connectivity index (χ0n) is 11.0. The Kier molecular flexibility index (Phi) is 3.46. The standard InChI is InChI=1S/C15H17NO4/c17-8-10-5-11(7-12(10)18)16-15(19)14-6-9-3-1-2-4-13(9)20-14/h1-4,6,10-12,17-18H,5,7-8H2,(H,16,19)/t10-,11+,12-/m1/s1. The third-order valence-corrected chi connectivity index (χ3v) is 3.88. The number of hydrogen-bond donors (Lipinski definition) is 3. The molecule has 1 saturated carbocycles. The number of fused-ring (bicyclic) bond motifs is 1. The Morgan fingerprint density at radius 1 is 1.35 bits per heavy atom. The van der Waals surface area contributed by atoms with Crippen LogP contribution in [0, 0.1) is 5.92 Å². The van der Waals surface area contributed by atoms with Gasteiger partial charge in [-0.25, -0.2) is 0 Å². The maximum absolute atomic E-state index is 12.1. The molecule has 1 amide bonds. The zero-order chi connectivity index (χ0) is 14.1. The summed E-state index contributed by atoms with van der Waals surface area (Å²) in [5, 5.41) is 22.6. The SMILES string of the molecule is O=C(N[C@H]1C[C@H](CO)[C@H](O)C1)c1cc2ccccc2o1. The lowest BCUT2D eigenvalue weighted by Gasteiger charge is -2.10. The topological polar surface area (TPSA) is 82.7 Å². The molecular weight excluding hydrogens is 258 g/mol. The first-order valence-corrected chi connectivity index (χ1v) is 6.75. The molecule has 1 aromatic heterocycles. The third kappa shape index (κ3) is 2.42. The van der Waals surface area contributed by atoms with E-state index in [0.717, 1.165) is 5.39 Å². The Morgan fingerprint density at radius 2 is 2.15 bits per heavy atom. The summed E-state index contributed by atoms with van der Waals surface area (Å²) in [4.78, 5) is 12.1. The molecule has 1 fully saturated rings. The molecular formula is C15H17NO4. The molecule has 1 aromatic carbocycles. The number of nitrogens with one attached hydrogen (secondary N) is 1. The number of carbonyl (C=O) groups excluding carboxylic acids is 1. The number of para-hydroxylation sites is 1. The van der Waals surface area contributed by atoms with Crippen LogP contribution < -0.4 is 5.32 Å². The van der Waals surface area contributed by atoms with Crippen molar-refractivity contribution in [2.75, 3.05) is 6.61 Å². The average molecular weight is 275 g/mol. The molecule has 3 atom stereocenters. The quantitative estimate of drug-likeness (QED) is 0.788. The molecule has 5 nitrogen and oxygen atoms in total. The summed E-state index contributed by atoms with van der Waals surface area (Å²) < 4.78 is 5.50. The van der Waals surface area contributed by atoms with E-state index in [1.807, 2.05) is 24.3 Å². The van der Waals surface area contributed by atoms with E-state index >= 15 is 0 Å². The molecule has 0 radical (unpaired) electrons. The van der Waals surface area contributed by atoms with Crippen LogP contribution in [-0.4, -0.2) is 34.9 Å². The molecule has 3 N–H and O–H groups in total.